The van der Waals surface area contributed by atoms with Crippen LogP contribution in [0.5, 0.6) is 0 Å². The molecule has 0 fully saturated rings. The molecule has 8 heteroatoms. The summed E-state index contributed by atoms with van der Waals surface area (Å²) in [7, 11) is -3.78. The summed E-state index contributed by atoms with van der Waals surface area (Å²) >= 11 is 3.30. The molecule has 24 heavy (non-hydrogen) atoms. The Kier molecular flexibility index (Phi) is 5.61. The van der Waals surface area contributed by atoms with Gasteiger partial charge in [-0.15, -0.1) is 0 Å². The molecule has 2 rings (SSSR count). The van der Waals surface area contributed by atoms with Crippen molar-refractivity contribution in [3.8, 4) is 0 Å². The first-order chi connectivity index (χ1) is 11.2. The standard InChI is InChI=1S/C16H16BrFN2O3S/c1-11(16(21)19-14-7-3-5-12(17)9-14)20(24(2,22)23)15-8-4-6-13(18)10-15/h3-11H,1-2H3,(H,19,21)/t11-/m1/s1. The monoisotopic (exact) mass is 414 g/mol. The van der Waals surface area contributed by atoms with Crippen LogP contribution in [0.2, 0.25) is 0 Å². The van der Waals surface area contributed by atoms with Crippen molar-refractivity contribution in [2.75, 3.05) is 15.9 Å². The molecule has 1 amide bonds. The van der Waals surface area contributed by atoms with Crippen LogP contribution in [0.1, 0.15) is 6.92 Å². The van der Waals surface area contributed by atoms with E-state index in [0.717, 1.165) is 21.1 Å². The predicted molar refractivity (Wildman–Crippen MR) is 96.0 cm³/mol. The largest absolute Gasteiger partial charge is 0.324 e. The number of benzene rings is 2. The Labute approximate surface area is 148 Å². The van der Waals surface area contributed by atoms with E-state index >= 15 is 0 Å². The Morgan fingerprint density at radius 3 is 2.46 bits per heavy atom. The van der Waals surface area contributed by atoms with Crippen LogP contribution in [0.3, 0.4) is 0 Å². The third-order valence-corrected chi connectivity index (χ3v) is 4.98. The van der Waals surface area contributed by atoms with E-state index < -0.39 is 27.8 Å². The van der Waals surface area contributed by atoms with Crippen molar-refractivity contribution in [1.82, 2.24) is 0 Å². The molecule has 0 aromatic heterocycles. The molecule has 2 aromatic rings. The second-order valence-corrected chi connectivity index (χ2v) is 7.99. The van der Waals surface area contributed by atoms with Crippen molar-refractivity contribution in [3.05, 3.63) is 58.8 Å². The van der Waals surface area contributed by atoms with Gasteiger partial charge < -0.3 is 5.32 Å². The van der Waals surface area contributed by atoms with Crippen molar-refractivity contribution in [2.24, 2.45) is 0 Å². The topological polar surface area (TPSA) is 66.5 Å². The first-order valence-corrected chi connectivity index (χ1v) is 9.64. The molecular formula is C16H16BrFN2O3S. The van der Waals surface area contributed by atoms with E-state index in [9.17, 15) is 17.6 Å². The first kappa shape index (κ1) is 18.4. The number of hydrogen-bond acceptors (Lipinski definition) is 3. The molecule has 0 saturated carbocycles. The lowest BCUT2D eigenvalue weighted by atomic mass is 10.2. The molecule has 0 unspecified atom stereocenters. The van der Waals surface area contributed by atoms with Crippen LogP contribution in [-0.2, 0) is 14.8 Å². The van der Waals surface area contributed by atoms with E-state index in [1.807, 2.05) is 0 Å². The zero-order valence-corrected chi connectivity index (χ0v) is 15.4. The summed E-state index contributed by atoms with van der Waals surface area (Å²) in [5.41, 5.74) is 0.614. The number of nitrogens with one attached hydrogen (secondary N) is 1. The SMILES string of the molecule is C[C@H](C(=O)Nc1cccc(Br)c1)N(c1cccc(F)c1)S(C)(=O)=O. The minimum atomic E-state index is -3.78. The van der Waals surface area contributed by atoms with Gasteiger partial charge in [-0.2, -0.15) is 0 Å². The summed E-state index contributed by atoms with van der Waals surface area (Å²) in [6.07, 6.45) is 0.973. The van der Waals surface area contributed by atoms with E-state index in [2.05, 4.69) is 21.2 Å². The lowest BCUT2D eigenvalue weighted by Crippen LogP contribution is -2.45. The van der Waals surface area contributed by atoms with Gasteiger partial charge in [0.2, 0.25) is 15.9 Å². The average molecular weight is 415 g/mol. The van der Waals surface area contributed by atoms with Gasteiger partial charge >= 0.3 is 0 Å². The van der Waals surface area contributed by atoms with Crippen LogP contribution in [0.15, 0.2) is 53.0 Å². The number of anilines is 2. The predicted octanol–water partition coefficient (Wildman–Crippen LogP) is 3.38. The summed E-state index contributed by atoms with van der Waals surface area (Å²) in [6, 6.07) is 11.0. The highest BCUT2D eigenvalue weighted by molar-refractivity contribution is 9.10. The molecule has 0 bridgehead atoms. The first-order valence-electron chi connectivity index (χ1n) is 7.00. The van der Waals surface area contributed by atoms with Crippen molar-refractivity contribution in [1.29, 1.82) is 0 Å². The normalized spacial score (nSPS) is 12.5. The summed E-state index contributed by atoms with van der Waals surface area (Å²) in [5.74, 6) is -1.11. The van der Waals surface area contributed by atoms with Crippen molar-refractivity contribution in [3.63, 3.8) is 0 Å². The van der Waals surface area contributed by atoms with E-state index in [0.29, 0.717) is 5.69 Å². The van der Waals surface area contributed by atoms with Gasteiger partial charge in [0.25, 0.3) is 0 Å². The van der Waals surface area contributed by atoms with Crippen LogP contribution in [-0.4, -0.2) is 26.6 Å². The molecule has 0 spiro atoms. The fourth-order valence-electron chi connectivity index (χ4n) is 2.23. The fourth-order valence-corrected chi connectivity index (χ4v) is 3.80. The molecule has 5 nitrogen and oxygen atoms in total. The highest BCUT2D eigenvalue weighted by Crippen LogP contribution is 2.23. The van der Waals surface area contributed by atoms with Crippen LogP contribution in [0, 0.1) is 5.82 Å². The third-order valence-electron chi connectivity index (χ3n) is 3.24. The van der Waals surface area contributed by atoms with E-state index in [4.69, 9.17) is 0 Å². The van der Waals surface area contributed by atoms with E-state index in [-0.39, 0.29) is 5.69 Å². The van der Waals surface area contributed by atoms with Gasteiger partial charge in [-0.25, -0.2) is 12.8 Å². The molecular weight excluding hydrogens is 399 g/mol. The molecule has 0 heterocycles. The molecule has 1 N–H and O–H groups in total. The second kappa shape index (κ2) is 7.31. The second-order valence-electron chi connectivity index (χ2n) is 5.21. The summed E-state index contributed by atoms with van der Waals surface area (Å²) in [5, 5.41) is 2.65. The Morgan fingerprint density at radius 1 is 1.21 bits per heavy atom. The number of carbonyl (C=O) groups excluding carboxylic acids is 1. The molecule has 2 aromatic carbocycles. The van der Waals surface area contributed by atoms with Crippen LogP contribution in [0.4, 0.5) is 15.8 Å². The van der Waals surface area contributed by atoms with Gasteiger partial charge in [0.05, 0.1) is 11.9 Å². The van der Waals surface area contributed by atoms with Gasteiger partial charge in [-0.1, -0.05) is 28.1 Å². The van der Waals surface area contributed by atoms with Crippen LogP contribution < -0.4 is 9.62 Å². The smallest absolute Gasteiger partial charge is 0.247 e. The zero-order chi connectivity index (χ0) is 17.9. The number of rotatable bonds is 5. The molecule has 0 aliphatic carbocycles. The Hall–Kier alpha value is -1.93. The van der Waals surface area contributed by atoms with E-state index in [1.165, 1.54) is 25.1 Å². The highest BCUT2D eigenvalue weighted by Gasteiger charge is 2.29. The molecule has 1 atom stereocenters. The van der Waals surface area contributed by atoms with Crippen LogP contribution >= 0.6 is 15.9 Å². The lowest BCUT2D eigenvalue weighted by molar-refractivity contribution is -0.116. The maximum absolute atomic E-state index is 13.4. The summed E-state index contributed by atoms with van der Waals surface area (Å²) < 4.78 is 39.3. The molecule has 128 valence electrons. The minimum absolute atomic E-state index is 0.0920. The van der Waals surface area contributed by atoms with Gasteiger partial charge in [0.1, 0.15) is 11.9 Å². The number of carbonyl (C=O) groups is 1. The van der Waals surface area contributed by atoms with Gasteiger partial charge in [0, 0.05) is 10.2 Å². The Morgan fingerprint density at radius 2 is 1.88 bits per heavy atom. The van der Waals surface area contributed by atoms with Crippen molar-refractivity contribution in [2.45, 2.75) is 13.0 Å². The fraction of sp³-hybridized carbons (Fsp3) is 0.188. The van der Waals surface area contributed by atoms with Gasteiger partial charge in [-0.05, 0) is 43.3 Å². The third kappa shape index (κ3) is 4.55. The number of hydrogen-bond donors (Lipinski definition) is 1. The molecule has 0 radical (unpaired) electrons. The number of sulfonamides is 1. The number of amides is 1. The number of halogens is 2. The Bertz CT molecular complexity index is 858. The zero-order valence-electron chi connectivity index (χ0n) is 13.0. The van der Waals surface area contributed by atoms with Crippen molar-refractivity contribution >= 4 is 43.2 Å². The minimum Gasteiger partial charge on any atom is -0.324 e. The number of nitrogens with zero attached hydrogens (tertiary/aromatic N) is 1. The lowest BCUT2D eigenvalue weighted by Gasteiger charge is -2.28. The summed E-state index contributed by atoms with van der Waals surface area (Å²) in [4.78, 5) is 12.4. The highest BCUT2D eigenvalue weighted by atomic mass is 79.9. The molecule has 0 aliphatic heterocycles. The quantitative estimate of drug-likeness (QED) is 0.815. The van der Waals surface area contributed by atoms with Crippen molar-refractivity contribution < 1.29 is 17.6 Å². The van der Waals surface area contributed by atoms with Gasteiger partial charge in [-0.3, -0.25) is 9.10 Å². The molecule has 0 saturated heterocycles. The molecule has 0 aliphatic rings. The Balaban J connectivity index is 2.31. The van der Waals surface area contributed by atoms with Crippen LogP contribution in [0.25, 0.3) is 0 Å². The maximum Gasteiger partial charge on any atom is 0.247 e. The maximum atomic E-state index is 13.4. The van der Waals surface area contributed by atoms with Gasteiger partial charge in [0.15, 0.2) is 0 Å². The summed E-state index contributed by atoms with van der Waals surface area (Å²) in [6.45, 7) is 1.44. The van der Waals surface area contributed by atoms with E-state index in [1.54, 1.807) is 24.3 Å². The average Bonchev–Trinajstić information content (AvgIpc) is 2.46.